The predicted molar refractivity (Wildman–Crippen MR) is 55.4 cm³/mol. The van der Waals surface area contributed by atoms with E-state index in [1.54, 1.807) is 6.92 Å². The summed E-state index contributed by atoms with van der Waals surface area (Å²) in [7, 11) is 3.98. The minimum Gasteiger partial charge on any atom is -0.366 e. The van der Waals surface area contributed by atoms with Gasteiger partial charge in [-0.25, -0.2) is 0 Å². The second-order valence-electron chi connectivity index (χ2n) is 3.58. The van der Waals surface area contributed by atoms with Gasteiger partial charge in [0.15, 0.2) is 0 Å². The van der Waals surface area contributed by atoms with E-state index < -0.39 is 0 Å². The van der Waals surface area contributed by atoms with Gasteiger partial charge in [0.1, 0.15) is 0 Å². The SMILES string of the molecule is CCCC(CN(C)C)=C(C)C(N)=O. The lowest BCUT2D eigenvalue weighted by atomic mass is 10.0. The van der Waals surface area contributed by atoms with Gasteiger partial charge in [-0.3, -0.25) is 4.79 Å². The topological polar surface area (TPSA) is 46.3 Å². The lowest BCUT2D eigenvalue weighted by Gasteiger charge is -2.14. The van der Waals surface area contributed by atoms with E-state index in [-0.39, 0.29) is 5.91 Å². The van der Waals surface area contributed by atoms with Gasteiger partial charge in [-0.15, -0.1) is 0 Å². The van der Waals surface area contributed by atoms with Gasteiger partial charge in [0.2, 0.25) is 5.91 Å². The van der Waals surface area contributed by atoms with Crippen LogP contribution in [0.25, 0.3) is 0 Å². The van der Waals surface area contributed by atoms with E-state index in [1.807, 2.05) is 14.1 Å². The van der Waals surface area contributed by atoms with Crippen LogP contribution < -0.4 is 5.73 Å². The molecule has 0 saturated carbocycles. The van der Waals surface area contributed by atoms with Crippen LogP contribution in [0.15, 0.2) is 11.1 Å². The van der Waals surface area contributed by atoms with Crippen molar-refractivity contribution in [1.82, 2.24) is 4.90 Å². The minimum absolute atomic E-state index is 0.301. The third kappa shape index (κ3) is 4.68. The van der Waals surface area contributed by atoms with Crippen molar-refractivity contribution >= 4 is 5.91 Å². The first-order chi connectivity index (χ1) is 5.99. The summed E-state index contributed by atoms with van der Waals surface area (Å²) in [6.07, 6.45) is 2.00. The lowest BCUT2D eigenvalue weighted by molar-refractivity contribution is -0.114. The van der Waals surface area contributed by atoms with E-state index in [0.29, 0.717) is 0 Å². The van der Waals surface area contributed by atoms with E-state index >= 15 is 0 Å². The summed E-state index contributed by atoms with van der Waals surface area (Å²) in [6, 6.07) is 0. The monoisotopic (exact) mass is 184 g/mol. The van der Waals surface area contributed by atoms with Crippen LogP contribution in [0.1, 0.15) is 26.7 Å². The molecule has 0 aliphatic rings. The van der Waals surface area contributed by atoms with E-state index in [0.717, 1.165) is 30.5 Å². The molecule has 0 aromatic carbocycles. The average molecular weight is 184 g/mol. The molecule has 0 heterocycles. The fourth-order valence-electron chi connectivity index (χ4n) is 1.24. The fraction of sp³-hybridized carbons (Fsp3) is 0.700. The maximum absolute atomic E-state index is 10.9. The van der Waals surface area contributed by atoms with Crippen molar-refractivity contribution < 1.29 is 4.79 Å². The molecular formula is C10H20N2O. The Labute approximate surface area is 80.6 Å². The Hall–Kier alpha value is -0.830. The summed E-state index contributed by atoms with van der Waals surface area (Å²) in [4.78, 5) is 13.0. The largest absolute Gasteiger partial charge is 0.366 e. The number of amides is 1. The van der Waals surface area contributed by atoms with Gasteiger partial charge in [-0.1, -0.05) is 13.3 Å². The smallest absolute Gasteiger partial charge is 0.244 e. The van der Waals surface area contributed by atoms with E-state index in [2.05, 4.69) is 11.8 Å². The number of hydrogen-bond acceptors (Lipinski definition) is 2. The molecule has 0 atom stereocenters. The van der Waals surface area contributed by atoms with Crippen LogP contribution >= 0.6 is 0 Å². The molecule has 0 fully saturated rings. The van der Waals surface area contributed by atoms with Crippen molar-refractivity contribution in [1.29, 1.82) is 0 Å². The van der Waals surface area contributed by atoms with Gasteiger partial charge in [0.05, 0.1) is 0 Å². The molecule has 0 aliphatic carbocycles. The highest BCUT2D eigenvalue weighted by molar-refractivity contribution is 5.92. The third-order valence-corrected chi connectivity index (χ3v) is 1.96. The van der Waals surface area contributed by atoms with E-state index in [4.69, 9.17) is 5.73 Å². The highest BCUT2D eigenvalue weighted by Gasteiger charge is 2.07. The molecule has 3 nitrogen and oxygen atoms in total. The van der Waals surface area contributed by atoms with Gasteiger partial charge < -0.3 is 10.6 Å². The summed E-state index contributed by atoms with van der Waals surface area (Å²) in [6.45, 7) is 4.73. The highest BCUT2D eigenvalue weighted by Crippen LogP contribution is 2.11. The Morgan fingerprint density at radius 1 is 1.38 bits per heavy atom. The molecule has 0 rings (SSSR count). The summed E-state index contributed by atoms with van der Waals surface area (Å²) in [5.41, 5.74) is 7.10. The van der Waals surface area contributed by atoms with Crippen molar-refractivity contribution in [2.24, 2.45) is 5.73 Å². The molecule has 1 amide bonds. The number of hydrogen-bond donors (Lipinski definition) is 1. The predicted octanol–water partition coefficient (Wildman–Crippen LogP) is 1.15. The van der Waals surface area contributed by atoms with Crippen LogP contribution in [0.2, 0.25) is 0 Å². The zero-order valence-electron chi connectivity index (χ0n) is 9.05. The number of primary amides is 1. The molecule has 13 heavy (non-hydrogen) atoms. The maximum Gasteiger partial charge on any atom is 0.244 e. The van der Waals surface area contributed by atoms with Crippen molar-refractivity contribution in [2.75, 3.05) is 20.6 Å². The first-order valence-corrected chi connectivity index (χ1v) is 4.62. The van der Waals surface area contributed by atoms with Crippen molar-refractivity contribution in [3.05, 3.63) is 11.1 Å². The molecule has 0 bridgehead atoms. The van der Waals surface area contributed by atoms with Crippen LogP contribution in [0, 0.1) is 0 Å². The quantitative estimate of drug-likeness (QED) is 0.651. The molecule has 0 aromatic heterocycles. The Morgan fingerprint density at radius 3 is 2.23 bits per heavy atom. The van der Waals surface area contributed by atoms with Gasteiger partial charge >= 0.3 is 0 Å². The Bertz CT molecular complexity index is 207. The zero-order chi connectivity index (χ0) is 10.4. The van der Waals surface area contributed by atoms with Crippen LogP contribution in [0.4, 0.5) is 0 Å². The molecule has 2 N–H and O–H groups in total. The first kappa shape index (κ1) is 12.2. The van der Waals surface area contributed by atoms with Crippen molar-refractivity contribution in [3.8, 4) is 0 Å². The van der Waals surface area contributed by atoms with Gasteiger partial charge in [0, 0.05) is 12.1 Å². The van der Waals surface area contributed by atoms with Gasteiger partial charge in [-0.2, -0.15) is 0 Å². The lowest BCUT2D eigenvalue weighted by Crippen LogP contribution is -2.20. The maximum atomic E-state index is 10.9. The minimum atomic E-state index is -0.301. The molecular weight excluding hydrogens is 164 g/mol. The van der Waals surface area contributed by atoms with Gasteiger partial charge in [0.25, 0.3) is 0 Å². The third-order valence-electron chi connectivity index (χ3n) is 1.96. The molecule has 76 valence electrons. The number of carbonyl (C=O) groups is 1. The number of nitrogens with zero attached hydrogens (tertiary/aromatic N) is 1. The van der Waals surface area contributed by atoms with Gasteiger partial charge in [-0.05, 0) is 33.0 Å². The molecule has 0 aromatic rings. The molecule has 0 spiro atoms. The summed E-state index contributed by atoms with van der Waals surface area (Å²) >= 11 is 0. The Morgan fingerprint density at radius 2 is 1.92 bits per heavy atom. The number of nitrogens with two attached hydrogens (primary N) is 1. The number of likely N-dealkylation sites (N-methyl/N-ethyl adjacent to an activating group) is 1. The van der Waals surface area contributed by atoms with Crippen molar-refractivity contribution in [3.63, 3.8) is 0 Å². The summed E-state index contributed by atoms with van der Waals surface area (Å²) in [5, 5.41) is 0. The van der Waals surface area contributed by atoms with Crippen LogP contribution in [-0.4, -0.2) is 31.4 Å². The average Bonchev–Trinajstić information content (AvgIpc) is 2.01. The van der Waals surface area contributed by atoms with Crippen molar-refractivity contribution in [2.45, 2.75) is 26.7 Å². The number of carbonyl (C=O) groups excluding carboxylic acids is 1. The highest BCUT2D eigenvalue weighted by atomic mass is 16.1. The molecule has 0 aliphatic heterocycles. The standard InChI is InChI=1S/C10H20N2O/c1-5-6-9(7-12(3)4)8(2)10(11)13/h5-7H2,1-4H3,(H2,11,13). The number of rotatable bonds is 5. The van der Waals surface area contributed by atoms with Crippen LogP contribution in [0.3, 0.4) is 0 Å². The summed E-state index contributed by atoms with van der Waals surface area (Å²) < 4.78 is 0. The molecule has 0 unspecified atom stereocenters. The molecule has 0 radical (unpaired) electrons. The van der Waals surface area contributed by atoms with E-state index in [1.165, 1.54) is 0 Å². The Kier molecular flexibility index (Phi) is 5.39. The molecule has 0 saturated heterocycles. The van der Waals surface area contributed by atoms with E-state index in [9.17, 15) is 4.79 Å². The summed E-state index contributed by atoms with van der Waals surface area (Å²) in [5.74, 6) is -0.301. The second-order valence-corrected chi connectivity index (χ2v) is 3.58. The zero-order valence-corrected chi connectivity index (χ0v) is 9.05. The molecule has 3 heteroatoms. The second kappa shape index (κ2) is 5.75. The first-order valence-electron chi connectivity index (χ1n) is 4.62. The van der Waals surface area contributed by atoms with Crippen LogP contribution in [0.5, 0.6) is 0 Å². The fourth-order valence-corrected chi connectivity index (χ4v) is 1.24. The van der Waals surface area contributed by atoms with Crippen LogP contribution in [-0.2, 0) is 4.79 Å². The normalized spacial score (nSPS) is 13.0. The Balaban J connectivity index is 4.56.